The van der Waals surface area contributed by atoms with Crippen molar-refractivity contribution in [2.45, 2.75) is 40.7 Å². The van der Waals surface area contributed by atoms with Crippen LogP contribution in [0.2, 0.25) is 0 Å². The van der Waals surface area contributed by atoms with Crippen molar-refractivity contribution in [3.05, 3.63) is 50.2 Å². The van der Waals surface area contributed by atoms with Crippen molar-refractivity contribution < 1.29 is 9.53 Å². The second kappa shape index (κ2) is 10.8. The first-order valence-corrected chi connectivity index (χ1v) is 10.4. The molecule has 1 amide bonds. The van der Waals surface area contributed by atoms with E-state index in [1.807, 2.05) is 45.9 Å². The zero-order valence-electron chi connectivity index (χ0n) is 18.9. The van der Waals surface area contributed by atoms with Crippen LogP contribution in [-0.2, 0) is 22.5 Å². The van der Waals surface area contributed by atoms with E-state index in [9.17, 15) is 14.4 Å². The number of aryl methyl sites for hydroxylation is 2. The van der Waals surface area contributed by atoms with Gasteiger partial charge in [-0.05, 0) is 30.4 Å². The van der Waals surface area contributed by atoms with Gasteiger partial charge >= 0.3 is 5.69 Å². The number of methoxy groups -OCH3 is 1. The number of nitrogens with one attached hydrogen (secondary N) is 2. The number of ether oxygens (including phenoxy) is 1. The molecular formula is C22H33N5O4. The van der Waals surface area contributed by atoms with Crippen LogP contribution in [0.15, 0.2) is 27.8 Å². The van der Waals surface area contributed by atoms with Gasteiger partial charge in [0.25, 0.3) is 5.56 Å². The first-order valence-electron chi connectivity index (χ1n) is 10.4. The SMILES string of the molecule is CCc1cccc(C)c1NCC(=O)N(CCOC)c1c(N)n(CC(C)C)c(=O)[nH]c1=O. The van der Waals surface area contributed by atoms with Gasteiger partial charge in [-0.25, -0.2) is 4.79 Å². The zero-order chi connectivity index (χ0) is 23.1. The summed E-state index contributed by atoms with van der Waals surface area (Å²) in [6.07, 6.45) is 0.818. The average molecular weight is 432 g/mol. The molecule has 0 unspecified atom stereocenters. The first kappa shape index (κ1) is 24.2. The van der Waals surface area contributed by atoms with E-state index < -0.39 is 11.2 Å². The minimum atomic E-state index is -0.697. The molecule has 4 N–H and O–H groups in total. The number of amides is 1. The van der Waals surface area contributed by atoms with E-state index in [0.717, 1.165) is 23.2 Å². The molecule has 0 saturated carbocycles. The summed E-state index contributed by atoms with van der Waals surface area (Å²) in [4.78, 5) is 41.6. The molecular weight excluding hydrogens is 398 g/mol. The van der Waals surface area contributed by atoms with E-state index in [1.54, 1.807) is 0 Å². The molecule has 1 heterocycles. The highest BCUT2D eigenvalue weighted by molar-refractivity contribution is 5.98. The summed E-state index contributed by atoms with van der Waals surface area (Å²) in [5, 5.41) is 3.20. The molecule has 0 saturated heterocycles. The summed E-state index contributed by atoms with van der Waals surface area (Å²) in [7, 11) is 1.51. The van der Waals surface area contributed by atoms with Crippen molar-refractivity contribution >= 4 is 23.1 Å². The normalized spacial score (nSPS) is 11.0. The number of anilines is 3. The van der Waals surface area contributed by atoms with Crippen molar-refractivity contribution in [2.75, 3.05) is 42.8 Å². The number of nitrogens with two attached hydrogens (primary N) is 1. The molecule has 2 aromatic rings. The summed E-state index contributed by atoms with van der Waals surface area (Å²) < 4.78 is 6.41. The second-order valence-corrected chi connectivity index (χ2v) is 7.85. The van der Waals surface area contributed by atoms with Crippen molar-refractivity contribution in [2.24, 2.45) is 5.92 Å². The molecule has 9 heteroatoms. The topological polar surface area (TPSA) is 122 Å². The largest absolute Gasteiger partial charge is 0.383 e. The summed E-state index contributed by atoms with van der Waals surface area (Å²) >= 11 is 0. The van der Waals surface area contributed by atoms with Crippen LogP contribution in [0.4, 0.5) is 17.2 Å². The molecule has 0 aliphatic rings. The molecule has 0 aliphatic carbocycles. The second-order valence-electron chi connectivity index (χ2n) is 7.85. The Kier molecular flexibility index (Phi) is 8.44. The van der Waals surface area contributed by atoms with E-state index >= 15 is 0 Å². The number of para-hydroxylation sites is 1. The Morgan fingerprint density at radius 3 is 2.65 bits per heavy atom. The molecule has 0 aliphatic heterocycles. The number of nitrogen functional groups attached to an aromatic ring is 1. The van der Waals surface area contributed by atoms with Gasteiger partial charge in [0.05, 0.1) is 13.2 Å². The lowest BCUT2D eigenvalue weighted by atomic mass is 10.1. The van der Waals surface area contributed by atoms with Crippen molar-refractivity contribution in [3.63, 3.8) is 0 Å². The Morgan fingerprint density at radius 2 is 2.03 bits per heavy atom. The molecule has 170 valence electrons. The Morgan fingerprint density at radius 1 is 1.32 bits per heavy atom. The Bertz CT molecular complexity index is 1030. The molecule has 0 fully saturated rings. The predicted octanol–water partition coefficient (Wildman–Crippen LogP) is 1.74. The van der Waals surface area contributed by atoms with E-state index in [2.05, 4.69) is 10.3 Å². The van der Waals surface area contributed by atoms with Crippen LogP contribution in [0.5, 0.6) is 0 Å². The number of benzene rings is 1. The fourth-order valence-corrected chi connectivity index (χ4v) is 3.46. The van der Waals surface area contributed by atoms with Gasteiger partial charge in [0.1, 0.15) is 5.82 Å². The standard InChI is InChI=1S/C22H33N5O4/c1-6-16-9-7-8-15(4)18(16)24-12-17(28)26(10-11-31-5)19-20(23)27(13-14(2)3)22(30)25-21(19)29/h7-9,14,24H,6,10-13,23H2,1-5H3,(H,25,29,30). The molecule has 1 aromatic carbocycles. The highest BCUT2D eigenvalue weighted by Gasteiger charge is 2.24. The first-order chi connectivity index (χ1) is 14.7. The third-order valence-corrected chi connectivity index (χ3v) is 5.01. The van der Waals surface area contributed by atoms with Crippen LogP contribution in [0.25, 0.3) is 0 Å². The number of hydrogen-bond acceptors (Lipinski definition) is 6. The molecule has 0 spiro atoms. The smallest absolute Gasteiger partial charge is 0.330 e. The lowest BCUT2D eigenvalue weighted by Gasteiger charge is -2.25. The van der Waals surface area contributed by atoms with Gasteiger partial charge in [0.15, 0.2) is 5.69 Å². The van der Waals surface area contributed by atoms with Crippen molar-refractivity contribution in [1.82, 2.24) is 9.55 Å². The number of carbonyl (C=O) groups is 1. The summed E-state index contributed by atoms with van der Waals surface area (Å²) in [5.41, 5.74) is 7.90. The molecule has 0 radical (unpaired) electrons. The van der Waals surface area contributed by atoms with Gasteiger partial charge in [0, 0.05) is 25.9 Å². The highest BCUT2D eigenvalue weighted by Crippen LogP contribution is 2.22. The maximum atomic E-state index is 13.2. The van der Waals surface area contributed by atoms with E-state index in [4.69, 9.17) is 10.5 Å². The highest BCUT2D eigenvalue weighted by atomic mass is 16.5. The number of nitrogens with zero attached hydrogens (tertiary/aromatic N) is 2. The minimum absolute atomic E-state index is 0.0305. The maximum Gasteiger partial charge on any atom is 0.330 e. The van der Waals surface area contributed by atoms with Gasteiger partial charge in [-0.15, -0.1) is 0 Å². The fraction of sp³-hybridized carbons (Fsp3) is 0.500. The van der Waals surface area contributed by atoms with Gasteiger partial charge in [-0.3, -0.25) is 19.1 Å². The Hall–Kier alpha value is -3.07. The van der Waals surface area contributed by atoms with Crippen molar-refractivity contribution in [3.8, 4) is 0 Å². The van der Waals surface area contributed by atoms with E-state index in [-0.39, 0.29) is 43.0 Å². The summed E-state index contributed by atoms with van der Waals surface area (Å²) in [5.74, 6) is -0.261. The quantitative estimate of drug-likeness (QED) is 0.527. The lowest BCUT2D eigenvalue weighted by molar-refractivity contribution is -0.117. The van der Waals surface area contributed by atoms with E-state index in [1.165, 1.54) is 16.6 Å². The van der Waals surface area contributed by atoms with Gasteiger partial charge in [-0.1, -0.05) is 39.0 Å². The maximum absolute atomic E-state index is 13.2. The fourth-order valence-electron chi connectivity index (χ4n) is 3.46. The summed E-state index contributed by atoms with van der Waals surface area (Å²) in [6, 6.07) is 5.95. The van der Waals surface area contributed by atoms with Gasteiger partial charge < -0.3 is 20.7 Å². The van der Waals surface area contributed by atoms with Gasteiger partial charge in [-0.2, -0.15) is 0 Å². The number of rotatable bonds is 10. The molecule has 9 nitrogen and oxygen atoms in total. The lowest BCUT2D eigenvalue weighted by Crippen LogP contribution is -2.44. The Balaban J connectivity index is 2.41. The molecule has 31 heavy (non-hydrogen) atoms. The monoisotopic (exact) mass is 431 g/mol. The number of H-pyrrole nitrogens is 1. The molecule has 2 rings (SSSR count). The van der Waals surface area contributed by atoms with Crippen LogP contribution in [0.3, 0.4) is 0 Å². The average Bonchev–Trinajstić information content (AvgIpc) is 2.71. The van der Waals surface area contributed by atoms with Crippen LogP contribution < -0.4 is 27.2 Å². The molecule has 1 aromatic heterocycles. The van der Waals surface area contributed by atoms with Crippen LogP contribution in [0, 0.1) is 12.8 Å². The minimum Gasteiger partial charge on any atom is -0.383 e. The Labute approximate surface area is 182 Å². The number of hydrogen-bond donors (Lipinski definition) is 3. The van der Waals surface area contributed by atoms with Crippen molar-refractivity contribution in [1.29, 1.82) is 0 Å². The predicted molar refractivity (Wildman–Crippen MR) is 124 cm³/mol. The number of aromatic nitrogens is 2. The molecule has 0 bridgehead atoms. The van der Waals surface area contributed by atoms with Gasteiger partial charge in [0.2, 0.25) is 5.91 Å². The van der Waals surface area contributed by atoms with Crippen LogP contribution in [0.1, 0.15) is 31.9 Å². The zero-order valence-corrected chi connectivity index (χ0v) is 18.9. The molecule has 0 atom stereocenters. The number of carbonyl (C=O) groups excluding carboxylic acids is 1. The number of aromatic amines is 1. The van der Waals surface area contributed by atoms with Crippen LogP contribution in [-0.4, -0.2) is 42.3 Å². The van der Waals surface area contributed by atoms with Crippen LogP contribution >= 0.6 is 0 Å². The van der Waals surface area contributed by atoms with E-state index in [0.29, 0.717) is 6.54 Å². The summed E-state index contributed by atoms with van der Waals surface area (Å²) in [6.45, 7) is 8.50. The third kappa shape index (κ3) is 5.75. The third-order valence-electron chi connectivity index (χ3n) is 5.01.